The van der Waals surface area contributed by atoms with Crippen molar-refractivity contribution in [1.82, 2.24) is 10.2 Å². The molecule has 3 amide bonds. The van der Waals surface area contributed by atoms with Gasteiger partial charge < -0.3 is 25.8 Å². The third kappa shape index (κ3) is 4.80. The minimum Gasteiger partial charge on any atom is -0.481 e. The largest absolute Gasteiger partial charge is 0.481 e. The lowest BCUT2D eigenvalue weighted by Gasteiger charge is -2.39. The van der Waals surface area contributed by atoms with E-state index < -0.39 is 17.5 Å². The van der Waals surface area contributed by atoms with Gasteiger partial charge in [-0.15, -0.1) is 0 Å². The Labute approximate surface area is 123 Å². The summed E-state index contributed by atoms with van der Waals surface area (Å²) in [7, 11) is 0. The molecule has 0 aromatic heterocycles. The maximum Gasteiger partial charge on any atom is 0.404 e. The van der Waals surface area contributed by atoms with Gasteiger partial charge in [0.1, 0.15) is 6.61 Å². The maximum atomic E-state index is 12.0. The Morgan fingerprint density at radius 2 is 2.10 bits per heavy atom. The molecule has 1 fully saturated rings. The van der Waals surface area contributed by atoms with Crippen LogP contribution >= 0.6 is 0 Å². The molecule has 0 aliphatic carbocycles. The number of ether oxygens (including phenoxy) is 1. The number of rotatable bonds is 5. The summed E-state index contributed by atoms with van der Waals surface area (Å²) in [4.78, 5) is 35.3. The Bertz CT molecular complexity index is 411. The summed E-state index contributed by atoms with van der Waals surface area (Å²) in [5, 5.41) is 11.9. The highest BCUT2D eigenvalue weighted by Gasteiger charge is 2.39. The molecule has 0 aromatic carbocycles. The van der Waals surface area contributed by atoms with Crippen LogP contribution in [0.25, 0.3) is 0 Å². The summed E-state index contributed by atoms with van der Waals surface area (Å²) in [5.41, 5.74) is 3.94. The topological polar surface area (TPSA) is 122 Å². The van der Waals surface area contributed by atoms with Crippen LogP contribution in [0.2, 0.25) is 0 Å². The van der Waals surface area contributed by atoms with Crippen LogP contribution in [0.5, 0.6) is 0 Å². The van der Waals surface area contributed by atoms with Gasteiger partial charge in [0, 0.05) is 13.1 Å². The van der Waals surface area contributed by atoms with Crippen molar-refractivity contribution in [1.29, 1.82) is 0 Å². The standard InChI is InChI=1S/C13H23N3O5/c1-13(2,10(17)18)9-4-3-6-16(8-9)12(20)15-5-7-21-11(14)19/h9H,3-8H2,1-2H3,(H2,14,19)(H,15,20)(H,17,18). The number of aliphatic carboxylic acids is 1. The molecule has 0 radical (unpaired) electrons. The van der Waals surface area contributed by atoms with Crippen molar-refractivity contribution >= 4 is 18.1 Å². The minimum absolute atomic E-state index is 0.0129. The van der Waals surface area contributed by atoms with Crippen molar-refractivity contribution in [3.8, 4) is 0 Å². The average molecular weight is 301 g/mol. The number of carboxylic acid groups (broad SMARTS) is 1. The molecule has 0 aromatic rings. The van der Waals surface area contributed by atoms with Crippen LogP contribution < -0.4 is 11.1 Å². The van der Waals surface area contributed by atoms with Crippen molar-refractivity contribution in [3.63, 3.8) is 0 Å². The zero-order valence-corrected chi connectivity index (χ0v) is 12.4. The molecule has 1 atom stereocenters. The number of carboxylic acids is 1. The summed E-state index contributed by atoms with van der Waals surface area (Å²) < 4.78 is 4.51. The Morgan fingerprint density at radius 3 is 2.67 bits per heavy atom. The third-order valence-corrected chi connectivity index (χ3v) is 3.90. The monoisotopic (exact) mass is 301 g/mol. The molecule has 1 heterocycles. The average Bonchev–Trinajstić information content (AvgIpc) is 2.43. The van der Waals surface area contributed by atoms with E-state index in [1.54, 1.807) is 18.7 Å². The molecule has 0 spiro atoms. The Morgan fingerprint density at radius 1 is 1.43 bits per heavy atom. The maximum absolute atomic E-state index is 12.0. The number of amides is 3. The van der Waals surface area contributed by atoms with Gasteiger partial charge in [0.25, 0.3) is 0 Å². The van der Waals surface area contributed by atoms with E-state index >= 15 is 0 Å². The highest BCUT2D eigenvalue weighted by molar-refractivity contribution is 5.76. The first-order valence-corrected chi connectivity index (χ1v) is 6.93. The van der Waals surface area contributed by atoms with Gasteiger partial charge in [0.2, 0.25) is 0 Å². The molecule has 1 saturated heterocycles. The second kappa shape index (κ2) is 7.14. The fourth-order valence-electron chi connectivity index (χ4n) is 2.35. The summed E-state index contributed by atoms with van der Waals surface area (Å²) in [5.74, 6) is -0.944. The fourth-order valence-corrected chi connectivity index (χ4v) is 2.35. The number of piperidine rings is 1. The van der Waals surface area contributed by atoms with E-state index in [1.165, 1.54) is 0 Å². The number of nitrogens with zero attached hydrogens (tertiary/aromatic N) is 1. The first-order chi connectivity index (χ1) is 9.75. The fraction of sp³-hybridized carbons (Fsp3) is 0.769. The first-order valence-electron chi connectivity index (χ1n) is 6.93. The van der Waals surface area contributed by atoms with Crippen LogP contribution in [-0.2, 0) is 9.53 Å². The van der Waals surface area contributed by atoms with Crippen LogP contribution in [0.3, 0.4) is 0 Å². The third-order valence-electron chi connectivity index (χ3n) is 3.90. The normalized spacial score (nSPS) is 19.0. The number of primary amides is 1. The summed E-state index contributed by atoms with van der Waals surface area (Å²) in [6, 6.07) is -0.283. The second-order valence-corrected chi connectivity index (χ2v) is 5.71. The van der Waals surface area contributed by atoms with E-state index in [1.807, 2.05) is 0 Å². The predicted octanol–water partition coefficient (Wildman–Crippen LogP) is 0.614. The van der Waals surface area contributed by atoms with Gasteiger partial charge in [-0.25, -0.2) is 9.59 Å². The van der Waals surface area contributed by atoms with E-state index in [0.717, 1.165) is 12.8 Å². The van der Waals surface area contributed by atoms with Crippen LogP contribution in [-0.4, -0.2) is 54.3 Å². The van der Waals surface area contributed by atoms with Crippen molar-refractivity contribution < 1.29 is 24.2 Å². The number of nitrogens with two attached hydrogens (primary N) is 1. The summed E-state index contributed by atoms with van der Waals surface area (Å²) in [6.07, 6.45) is 0.672. The molecule has 120 valence electrons. The molecule has 1 rings (SSSR count). The van der Waals surface area contributed by atoms with E-state index in [-0.39, 0.29) is 25.1 Å². The number of urea groups is 1. The van der Waals surface area contributed by atoms with E-state index in [0.29, 0.717) is 13.1 Å². The molecule has 0 bridgehead atoms. The lowest BCUT2D eigenvalue weighted by atomic mass is 9.74. The smallest absolute Gasteiger partial charge is 0.404 e. The second-order valence-electron chi connectivity index (χ2n) is 5.71. The molecular weight excluding hydrogens is 278 g/mol. The number of nitrogens with one attached hydrogen (secondary N) is 1. The molecule has 1 unspecified atom stereocenters. The number of carbonyl (C=O) groups excluding carboxylic acids is 2. The van der Waals surface area contributed by atoms with Crippen LogP contribution in [0.1, 0.15) is 26.7 Å². The van der Waals surface area contributed by atoms with Gasteiger partial charge in [0.15, 0.2) is 0 Å². The molecule has 4 N–H and O–H groups in total. The quantitative estimate of drug-likeness (QED) is 0.642. The summed E-state index contributed by atoms with van der Waals surface area (Å²) >= 11 is 0. The Kier molecular flexibility index (Phi) is 5.80. The highest BCUT2D eigenvalue weighted by Crippen LogP contribution is 2.34. The van der Waals surface area contributed by atoms with E-state index in [9.17, 15) is 19.5 Å². The minimum atomic E-state index is -0.884. The van der Waals surface area contributed by atoms with Crippen LogP contribution in [0.15, 0.2) is 0 Å². The van der Waals surface area contributed by atoms with Crippen LogP contribution in [0.4, 0.5) is 9.59 Å². The van der Waals surface area contributed by atoms with Crippen molar-refractivity contribution in [2.24, 2.45) is 17.1 Å². The van der Waals surface area contributed by atoms with Crippen molar-refractivity contribution in [3.05, 3.63) is 0 Å². The molecule has 1 aliphatic rings. The number of hydrogen-bond acceptors (Lipinski definition) is 4. The zero-order valence-electron chi connectivity index (χ0n) is 12.4. The Hall–Kier alpha value is -1.99. The summed E-state index contributed by atoms with van der Waals surface area (Å²) in [6.45, 7) is 4.55. The molecule has 8 nitrogen and oxygen atoms in total. The lowest BCUT2D eigenvalue weighted by Crippen LogP contribution is -2.50. The van der Waals surface area contributed by atoms with Gasteiger partial charge in [0.05, 0.1) is 12.0 Å². The van der Waals surface area contributed by atoms with Gasteiger partial charge in [-0.2, -0.15) is 0 Å². The molecule has 1 aliphatic heterocycles. The van der Waals surface area contributed by atoms with Gasteiger partial charge in [-0.1, -0.05) is 0 Å². The Balaban J connectivity index is 2.46. The lowest BCUT2D eigenvalue weighted by molar-refractivity contribution is -0.151. The predicted molar refractivity (Wildman–Crippen MR) is 74.6 cm³/mol. The van der Waals surface area contributed by atoms with E-state index in [2.05, 4.69) is 10.1 Å². The van der Waals surface area contributed by atoms with Crippen molar-refractivity contribution in [2.75, 3.05) is 26.2 Å². The zero-order chi connectivity index (χ0) is 16.0. The van der Waals surface area contributed by atoms with Gasteiger partial charge in [-0.3, -0.25) is 4.79 Å². The molecule has 8 heteroatoms. The van der Waals surface area contributed by atoms with Crippen LogP contribution in [0, 0.1) is 11.3 Å². The molecule has 21 heavy (non-hydrogen) atoms. The number of likely N-dealkylation sites (tertiary alicyclic amines) is 1. The highest BCUT2D eigenvalue weighted by atomic mass is 16.5. The van der Waals surface area contributed by atoms with E-state index in [4.69, 9.17) is 5.73 Å². The SMILES string of the molecule is CC(C)(C(=O)O)C1CCCN(C(=O)NCCOC(N)=O)C1. The van der Waals surface area contributed by atoms with Gasteiger partial charge >= 0.3 is 18.1 Å². The molecular formula is C13H23N3O5. The van der Waals surface area contributed by atoms with Gasteiger partial charge in [-0.05, 0) is 32.6 Å². The van der Waals surface area contributed by atoms with Crippen molar-refractivity contribution in [2.45, 2.75) is 26.7 Å². The molecule has 0 saturated carbocycles. The number of hydrogen-bond donors (Lipinski definition) is 3. The first kappa shape index (κ1) is 17.1. The number of carbonyl (C=O) groups is 3.